The van der Waals surface area contributed by atoms with Crippen molar-refractivity contribution < 1.29 is 9.63 Å². The first-order chi connectivity index (χ1) is 9.72. The SMILES string of the molecule is C=C/C(CC)=C1\ONC1C.C=O.CCCC1CCCC1. The van der Waals surface area contributed by atoms with E-state index in [2.05, 4.69) is 32.8 Å². The quantitative estimate of drug-likeness (QED) is 0.821. The topological polar surface area (TPSA) is 38.3 Å². The summed E-state index contributed by atoms with van der Waals surface area (Å²) < 4.78 is 0. The molecule has 1 unspecified atom stereocenters. The molecule has 0 aromatic carbocycles. The van der Waals surface area contributed by atoms with Crippen LogP contribution in [0.1, 0.15) is 65.7 Å². The number of hydroxylamine groups is 1. The minimum absolute atomic E-state index is 0.368. The molecule has 2 fully saturated rings. The zero-order valence-electron chi connectivity index (χ0n) is 13.4. The van der Waals surface area contributed by atoms with E-state index in [1.807, 2.05) is 12.9 Å². The average Bonchev–Trinajstić information content (AvgIpc) is 2.99. The highest BCUT2D eigenvalue weighted by molar-refractivity contribution is 5.25. The van der Waals surface area contributed by atoms with Gasteiger partial charge in [-0.25, -0.2) is 0 Å². The van der Waals surface area contributed by atoms with Gasteiger partial charge in [-0.3, -0.25) is 0 Å². The normalized spacial score (nSPS) is 23.2. The third-order valence-corrected chi connectivity index (χ3v) is 3.85. The smallest absolute Gasteiger partial charge is 0.147 e. The van der Waals surface area contributed by atoms with Crippen molar-refractivity contribution in [3.8, 4) is 0 Å². The van der Waals surface area contributed by atoms with Gasteiger partial charge in [0.1, 0.15) is 18.6 Å². The molecular formula is C17H31NO2. The van der Waals surface area contributed by atoms with E-state index >= 15 is 0 Å². The van der Waals surface area contributed by atoms with Crippen molar-refractivity contribution in [2.45, 2.75) is 71.8 Å². The molecule has 1 saturated heterocycles. The van der Waals surface area contributed by atoms with Gasteiger partial charge in [0, 0.05) is 0 Å². The first kappa shape index (κ1) is 18.9. The molecule has 0 spiro atoms. The van der Waals surface area contributed by atoms with Gasteiger partial charge in [-0.05, 0) is 24.8 Å². The van der Waals surface area contributed by atoms with E-state index in [-0.39, 0.29) is 0 Å². The fraction of sp³-hybridized carbons (Fsp3) is 0.706. The Bertz CT molecular complexity index is 293. The number of hydrogen-bond acceptors (Lipinski definition) is 3. The minimum atomic E-state index is 0.368. The molecule has 1 saturated carbocycles. The van der Waals surface area contributed by atoms with E-state index in [0.717, 1.165) is 18.1 Å². The Morgan fingerprint density at radius 3 is 2.20 bits per heavy atom. The van der Waals surface area contributed by atoms with Crippen LogP contribution in [0.15, 0.2) is 24.0 Å². The van der Waals surface area contributed by atoms with Crippen LogP contribution in [0.5, 0.6) is 0 Å². The molecule has 1 heterocycles. The first-order valence-corrected chi connectivity index (χ1v) is 7.79. The van der Waals surface area contributed by atoms with E-state index in [1.54, 1.807) is 0 Å². The van der Waals surface area contributed by atoms with Crippen LogP contribution in [0, 0.1) is 5.92 Å². The van der Waals surface area contributed by atoms with Gasteiger partial charge >= 0.3 is 0 Å². The summed E-state index contributed by atoms with van der Waals surface area (Å²) in [5.41, 5.74) is 4.00. The standard InChI is InChI=1S/C8H13NO.C8H16.CH2O/c1-4-7(5-2)8-6(3)9-10-8;1-2-5-8-6-3-4-7-8;1-2/h4,6,9H,1,5H2,2-3H3;8H,2-7H2,1H3;1H2/b8-7+;;. The Balaban J connectivity index is 0.000000327. The molecule has 0 amide bonds. The zero-order valence-corrected chi connectivity index (χ0v) is 13.4. The van der Waals surface area contributed by atoms with E-state index < -0.39 is 0 Å². The number of nitrogens with one attached hydrogen (secondary N) is 1. The van der Waals surface area contributed by atoms with Crippen molar-refractivity contribution >= 4 is 6.79 Å². The van der Waals surface area contributed by atoms with Crippen molar-refractivity contribution in [2.75, 3.05) is 0 Å². The Morgan fingerprint density at radius 1 is 1.35 bits per heavy atom. The zero-order chi connectivity index (χ0) is 15.4. The van der Waals surface area contributed by atoms with Gasteiger partial charge in [0.25, 0.3) is 0 Å². The van der Waals surface area contributed by atoms with Crippen LogP contribution in [-0.2, 0) is 9.63 Å². The Kier molecular flexibility index (Phi) is 11.1. The molecule has 2 aliphatic rings. The van der Waals surface area contributed by atoms with Gasteiger partial charge in [-0.1, -0.05) is 65.0 Å². The molecule has 3 nitrogen and oxygen atoms in total. The molecule has 20 heavy (non-hydrogen) atoms. The van der Waals surface area contributed by atoms with Gasteiger partial charge in [0.2, 0.25) is 0 Å². The van der Waals surface area contributed by atoms with E-state index in [4.69, 9.17) is 9.63 Å². The third kappa shape index (κ3) is 6.38. The van der Waals surface area contributed by atoms with Crippen LogP contribution in [-0.4, -0.2) is 12.8 Å². The third-order valence-electron chi connectivity index (χ3n) is 3.85. The van der Waals surface area contributed by atoms with Gasteiger partial charge < -0.3 is 9.63 Å². The fourth-order valence-corrected chi connectivity index (χ4v) is 2.71. The van der Waals surface area contributed by atoms with E-state index in [1.165, 1.54) is 44.1 Å². The van der Waals surface area contributed by atoms with Crippen LogP contribution in [0.2, 0.25) is 0 Å². The lowest BCUT2D eigenvalue weighted by molar-refractivity contribution is -0.0979. The number of hydrogen-bond donors (Lipinski definition) is 1. The highest BCUT2D eigenvalue weighted by Crippen LogP contribution is 2.28. The summed E-state index contributed by atoms with van der Waals surface area (Å²) >= 11 is 0. The summed E-state index contributed by atoms with van der Waals surface area (Å²) in [7, 11) is 0. The van der Waals surface area contributed by atoms with Crippen LogP contribution in [0.3, 0.4) is 0 Å². The number of allylic oxidation sites excluding steroid dienone is 2. The summed E-state index contributed by atoms with van der Waals surface area (Å²) in [6, 6.07) is 0.368. The second-order valence-electron chi connectivity index (χ2n) is 5.33. The Hall–Kier alpha value is -1.09. The van der Waals surface area contributed by atoms with Gasteiger partial charge in [-0.15, -0.1) is 5.48 Å². The summed E-state index contributed by atoms with van der Waals surface area (Å²) in [5, 5.41) is 0. The Morgan fingerprint density at radius 2 is 1.95 bits per heavy atom. The maximum absolute atomic E-state index is 8.00. The molecule has 0 aromatic rings. The lowest BCUT2D eigenvalue weighted by Gasteiger charge is -2.29. The first-order valence-electron chi connectivity index (χ1n) is 7.79. The molecular weight excluding hydrogens is 250 g/mol. The van der Waals surface area contributed by atoms with Gasteiger partial charge in [0.15, 0.2) is 0 Å². The van der Waals surface area contributed by atoms with E-state index in [9.17, 15) is 0 Å². The van der Waals surface area contributed by atoms with Crippen molar-refractivity contribution in [1.29, 1.82) is 0 Å². The van der Waals surface area contributed by atoms with E-state index in [0.29, 0.717) is 6.04 Å². The van der Waals surface area contributed by atoms with Crippen LogP contribution in [0.25, 0.3) is 0 Å². The van der Waals surface area contributed by atoms with Crippen molar-refractivity contribution in [2.24, 2.45) is 5.92 Å². The summed E-state index contributed by atoms with van der Waals surface area (Å²) in [4.78, 5) is 13.0. The highest BCUT2D eigenvalue weighted by Gasteiger charge is 2.23. The van der Waals surface area contributed by atoms with Crippen LogP contribution in [0.4, 0.5) is 0 Å². The minimum Gasteiger partial charge on any atom is -0.410 e. The predicted molar refractivity (Wildman–Crippen MR) is 85.2 cm³/mol. The Labute approximate surface area is 124 Å². The molecule has 2 rings (SSSR count). The monoisotopic (exact) mass is 281 g/mol. The van der Waals surface area contributed by atoms with Crippen molar-refractivity contribution in [1.82, 2.24) is 5.48 Å². The number of rotatable bonds is 4. The molecule has 0 bridgehead atoms. The summed E-state index contributed by atoms with van der Waals surface area (Å²) in [5.74, 6) is 2.15. The molecule has 0 aromatic heterocycles. The fourth-order valence-electron chi connectivity index (χ4n) is 2.71. The van der Waals surface area contributed by atoms with Gasteiger partial charge in [0.05, 0.1) is 0 Å². The molecule has 1 aliphatic carbocycles. The number of carbonyl (C=O) groups is 1. The molecule has 1 N–H and O–H groups in total. The second kappa shape index (κ2) is 11.7. The van der Waals surface area contributed by atoms with Crippen LogP contribution >= 0.6 is 0 Å². The lowest BCUT2D eigenvalue weighted by atomic mass is 10.0. The van der Waals surface area contributed by atoms with Gasteiger partial charge in [-0.2, -0.15) is 0 Å². The molecule has 1 aliphatic heterocycles. The second-order valence-corrected chi connectivity index (χ2v) is 5.33. The lowest BCUT2D eigenvalue weighted by Crippen LogP contribution is -2.41. The molecule has 1 atom stereocenters. The molecule has 0 radical (unpaired) electrons. The summed E-state index contributed by atoms with van der Waals surface area (Å²) in [6.07, 6.45) is 11.8. The molecule has 116 valence electrons. The van der Waals surface area contributed by atoms with Crippen molar-refractivity contribution in [3.05, 3.63) is 24.0 Å². The molecule has 3 heteroatoms. The average molecular weight is 281 g/mol. The van der Waals surface area contributed by atoms with Crippen molar-refractivity contribution in [3.63, 3.8) is 0 Å². The number of carbonyl (C=O) groups excluding carboxylic acids is 1. The van der Waals surface area contributed by atoms with Crippen LogP contribution < -0.4 is 5.48 Å². The predicted octanol–water partition coefficient (Wildman–Crippen LogP) is 4.55. The highest BCUT2D eigenvalue weighted by atomic mass is 16.7. The maximum Gasteiger partial charge on any atom is 0.147 e. The summed E-state index contributed by atoms with van der Waals surface area (Å²) in [6.45, 7) is 12.2. The maximum atomic E-state index is 8.00. The largest absolute Gasteiger partial charge is 0.410 e.